The van der Waals surface area contributed by atoms with Crippen molar-refractivity contribution in [2.24, 2.45) is 0 Å². The number of hydrogen-bond acceptors (Lipinski definition) is 4. The number of Topliss-reactive ketones (excluding diaryl/α,β-unsaturated/α-hetero) is 1. The summed E-state index contributed by atoms with van der Waals surface area (Å²) < 4.78 is 12.8. The minimum absolute atomic E-state index is 0.0582. The molecule has 0 bridgehead atoms. The Kier molecular flexibility index (Phi) is 4.98. The van der Waals surface area contributed by atoms with Crippen molar-refractivity contribution < 1.29 is 13.9 Å². The van der Waals surface area contributed by atoms with Gasteiger partial charge in [0.1, 0.15) is 4.90 Å². The van der Waals surface area contributed by atoms with Crippen LogP contribution in [-0.4, -0.2) is 20.7 Å². The highest BCUT2D eigenvalue weighted by atomic mass is 79.9. The first kappa shape index (κ1) is 15.5. The summed E-state index contributed by atoms with van der Waals surface area (Å²) in [7, 11) is -1.77. The Morgan fingerprint density at radius 1 is 1.14 bits per heavy atom. The third kappa shape index (κ3) is 3.62. The van der Waals surface area contributed by atoms with Crippen LogP contribution in [0, 0.1) is 10.1 Å². The normalized spacial score (nSPS) is 11.9. The predicted molar refractivity (Wildman–Crippen MR) is 82.8 cm³/mol. The van der Waals surface area contributed by atoms with Gasteiger partial charge >= 0.3 is 0 Å². The van der Waals surface area contributed by atoms with Gasteiger partial charge in [0, 0.05) is 16.1 Å². The van der Waals surface area contributed by atoms with Crippen LogP contribution in [0.1, 0.15) is 10.4 Å². The molecule has 0 saturated carbocycles. The van der Waals surface area contributed by atoms with Gasteiger partial charge < -0.3 is 0 Å². The quantitative estimate of drug-likeness (QED) is 0.461. The summed E-state index contributed by atoms with van der Waals surface area (Å²) >= 11 is 3.25. The number of hydrogen-bond donors (Lipinski definition) is 0. The molecule has 0 aliphatic carbocycles. The molecule has 0 N–H and O–H groups in total. The van der Waals surface area contributed by atoms with E-state index in [1.807, 2.05) is 0 Å². The molecular formula is C14H10BrNO4S. The molecule has 1 unspecified atom stereocenters. The van der Waals surface area contributed by atoms with Crippen molar-refractivity contribution in [3.63, 3.8) is 0 Å². The van der Waals surface area contributed by atoms with E-state index in [9.17, 15) is 19.1 Å². The van der Waals surface area contributed by atoms with Gasteiger partial charge in [0.25, 0.3) is 5.69 Å². The molecular weight excluding hydrogens is 358 g/mol. The van der Waals surface area contributed by atoms with E-state index >= 15 is 0 Å². The van der Waals surface area contributed by atoms with E-state index in [1.165, 1.54) is 18.2 Å². The van der Waals surface area contributed by atoms with Crippen LogP contribution in [0.3, 0.4) is 0 Å². The molecule has 7 heteroatoms. The van der Waals surface area contributed by atoms with E-state index in [-0.39, 0.29) is 22.1 Å². The number of para-hydroxylation sites is 1. The van der Waals surface area contributed by atoms with Crippen LogP contribution in [0.2, 0.25) is 0 Å². The van der Waals surface area contributed by atoms with E-state index in [0.29, 0.717) is 10.0 Å². The van der Waals surface area contributed by atoms with Crippen molar-refractivity contribution in [1.29, 1.82) is 0 Å². The van der Waals surface area contributed by atoms with Gasteiger partial charge in [-0.1, -0.05) is 46.3 Å². The lowest BCUT2D eigenvalue weighted by atomic mass is 10.1. The van der Waals surface area contributed by atoms with Gasteiger partial charge in [0.2, 0.25) is 0 Å². The molecule has 0 heterocycles. The van der Waals surface area contributed by atoms with E-state index < -0.39 is 15.7 Å². The maximum atomic E-state index is 12.2. The summed E-state index contributed by atoms with van der Waals surface area (Å²) in [6, 6.07) is 12.5. The standard InChI is InChI=1S/C14H10BrNO4S/c15-11-6-2-1-5-10(11)13(17)9-21(20)14-8-4-3-7-12(14)16(18)19/h1-8H,9H2. The SMILES string of the molecule is O=C(CS(=O)c1ccccc1[N+](=O)[O-])c1ccccc1Br. The van der Waals surface area contributed by atoms with E-state index in [0.717, 1.165) is 0 Å². The second-order valence-electron chi connectivity index (χ2n) is 4.12. The molecule has 2 aromatic carbocycles. The molecule has 0 spiro atoms. The molecule has 21 heavy (non-hydrogen) atoms. The first-order valence-corrected chi connectivity index (χ1v) is 8.01. The zero-order chi connectivity index (χ0) is 15.4. The molecule has 0 radical (unpaired) electrons. The molecule has 2 aromatic rings. The minimum Gasteiger partial charge on any atom is -0.293 e. The van der Waals surface area contributed by atoms with Crippen LogP contribution < -0.4 is 0 Å². The Bertz CT molecular complexity index is 732. The third-order valence-electron chi connectivity index (χ3n) is 2.74. The fourth-order valence-corrected chi connectivity index (χ4v) is 3.42. The number of nitro benzene ring substituents is 1. The molecule has 0 aliphatic rings. The monoisotopic (exact) mass is 367 g/mol. The number of ketones is 1. The molecule has 0 amide bonds. The van der Waals surface area contributed by atoms with Gasteiger partial charge in [-0.15, -0.1) is 0 Å². The van der Waals surface area contributed by atoms with E-state index in [1.54, 1.807) is 30.3 Å². The van der Waals surface area contributed by atoms with E-state index in [4.69, 9.17) is 0 Å². The highest BCUT2D eigenvalue weighted by Gasteiger charge is 2.21. The molecule has 108 valence electrons. The zero-order valence-electron chi connectivity index (χ0n) is 10.7. The first-order valence-electron chi connectivity index (χ1n) is 5.90. The highest BCUT2D eigenvalue weighted by molar-refractivity contribution is 9.10. The minimum atomic E-state index is -1.77. The highest BCUT2D eigenvalue weighted by Crippen LogP contribution is 2.23. The summed E-state index contributed by atoms with van der Waals surface area (Å²) in [5.74, 6) is -0.632. The average molecular weight is 368 g/mol. The number of rotatable bonds is 5. The first-order chi connectivity index (χ1) is 10.0. The molecule has 1 atom stereocenters. The van der Waals surface area contributed by atoms with Crippen LogP contribution in [0.4, 0.5) is 5.69 Å². The number of halogens is 1. The van der Waals surface area contributed by atoms with Crippen molar-refractivity contribution in [3.8, 4) is 0 Å². The Morgan fingerprint density at radius 2 is 1.76 bits per heavy atom. The maximum absolute atomic E-state index is 12.2. The number of carbonyl (C=O) groups excluding carboxylic acids is 1. The van der Waals surface area contributed by atoms with Gasteiger partial charge in [0.15, 0.2) is 5.78 Å². The van der Waals surface area contributed by atoms with Crippen molar-refractivity contribution in [2.45, 2.75) is 4.90 Å². The van der Waals surface area contributed by atoms with E-state index in [2.05, 4.69) is 15.9 Å². The lowest BCUT2D eigenvalue weighted by molar-refractivity contribution is -0.387. The number of nitro groups is 1. The van der Waals surface area contributed by atoms with Gasteiger partial charge in [-0.05, 0) is 12.1 Å². The van der Waals surface area contributed by atoms with Crippen LogP contribution in [0.15, 0.2) is 57.9 Å². The Hall–Kier alpha value is -1.86. The summed E-state index contributed by atoms with van der Waals surface area (Å²) in [6.07, 6.45) is 0. The third-order valence-corrected chi connectivity index (χ3v) is 4.80. The second-order valence-corrected chi connectivity index (χ2v) is 6.39. The summed E-state index contributed by atoms with van der Waals surface area (Å²) in [5.41, 5.74) is 0.167. The molecule has 0 aromatic heterocycles. The maximum Gasteiger partial charge on any atom is 0.285 e. The Morgan fingerprint density at radius 3 is 2.43 bits per heavy atom. The topological polar surface area (TPSA) is 77.3 Å². The molecule has 0 aliphatic heterocycles. The summed E-state index contributed by atoms with van der Waals surface area (Å²) in [5, 5.41) is 10.9. The predicted octanol–water partition coefficient (Wildman–Crippen LogP) is 3.35. The average Bonchev–Trinajstić information content (AvgIpc) is 2.47. The van der Waals surface area contributed by atoms with Crippen molar-refractivity contribution in [3.05, 3.63) is 68.7 Å². The summed E-state index contributed by atoms with van der Waals surface area (Å²) in [6.45, 7) is 0. The van der Waals surface area contributed by atoms with Gasteiger partial charge in [-0.25, -0.2) is 0 Å². The fraction of sp³-hybridized carbons (Fsp3) is 0.0714. The van der Waals surface area contributed by atoms with Crippen LogP contribution in [0.25, 0.3) is 0 Å². The van der Waals surface area contributed by atoms with Crippen LogP contribution >= 0.6 is 15.9 Å². The number of benzene rings is 2. The van der Waals surface area contributed by atoms with Crippen molar-refractivity contribution in [1.82, 2.24) is 0 Å². The number of nitrogens with zero attached hydrogens (tertiary/aromatic N) is 1. The summed E-state index contributed by atoms with van der Waals surface area (Å²) in [4.78, 5) is 22.5. The Balaban J connectivity index is 2.25. The van der Waals surface area contributed by atoms with Crippen molar-refractivity contribution >= 4 is 38.2 Å². The van der Waals surface area contributed by atoms with Crippen LogP contribution in [0.5, 0.6) is 0 Å². The van der Waals surface area contributed by atoms with Gasteiger partial charge in [-0.2, -0.15) is 0 Å². The second kappa shape index (κ2) is 6.73. The Labute approximate surface area is 131 Å². The molecule has 2 rings (SSSR count). The molecule has 5 nitrogen and oxygen atoms in total. The molecule has 0 saturated heterocycles. The van der Waals surface area contributed by atoms with Crippen molar-refractivity contribution in [2.75, 3.05) is 5.75 Å². The van der Waals surface area contributed by atoms with Gasteiger partial charge in [-0.3, -0.25) is 19.1 Å². The fourth-order valence-electron chi connectivity index (χ4n) is 1.76. The lowest BCUT2D eigenvalue weighted by Gasteiger charge is -2.04. The zero-order valence-corrected chi connectivity index (χ0v) is 13.1. The van der Waals surface area contributed by atoms with Gasteiger partial charge in [0.05, 0.1) is 21.5 Å². The lowest BCUT2D eigenvalue weighted by Crippen LogP contribution is -2.12. The number of carbonyl (C=O) groups is 1. The smallest absolute Gasteiger partial charge is 0.285 e. The van der Waals surface area contributed by atoms with Crippen LogP contribution in [-0.2, 0) is 10.8 Å². The largest absolute Gasteiger partial charge is 0.293 e. The molecule has 0 fully saturated rings.